The maximum atomic E-state index is 12.8. The molecule has 32 heavy (non-hydrogen) atoms. The summed E-state index contributed by atoms with van der Waals surface area (Å²) in [7, 11) is 3.68. The van der Waals surface area contributed by atoms with Gasteiger partial charge in [-0.25, -0.2) is 4.99 Å². The van der Waals surface area contributed by atoms with Gasteiger partial charge in [0, 0.05) is 33.4 Å². The van der Waals surface area contributed by atoms with Crippen LogP contribution >= 0.6 is 0 Å². The van der Waals surface area contributed by atoms with Crippen LogP contribution in [0, 0.1) is 5.41 Å². The smallest absolute Gasteiger partial charge is 0.230 e. The molecular formula is C25H35N5O2. The maximum absolute atomic E-state index is 12.8. The molecule has 0 atom stereocenters. The normalized spacial score (nSPS) is 15.3. The second-order valence-electron chi connectivity index (χ2n) is 8.49. The Morgan fingerprint density at radius 1 is 1.16 bits per heavy atom. The predicted octanol–water partition coefficient (Wildman–Crippen LogP) is 3.36. The molecule has 1 fully saturated rings. The summed E-state index contributed by atoms with van der Waals surface area (Å²) in [6.45, 7) is 4.35. The second-order valence-corrected chi connectivity index (χ2v) is 8.49. The minimum atomic E-state index is -0.334. The van der Waals surface area contributed by atoms with Crippen LogP contribution in [0.15, 0.2) is 53.7 Å². The van der Waals surface area contributed by atoms with Crippen LogP contribution in [-0.2, 0) is 17.9 Å². The highest BCUT2D eigenvalue weighted by Crippen LogP contribution is 2.38. The number of carbonyl (C=O) groups is 1. The summed E-state index contributed by atoms with van der Waals surface area (Å²) in [6.07, 6.45) is 5.81. The van der Waals surface area contributed by atoms with Crippen LogP contribution in [0.3, 0.4) is 0 Å². The Morgan fingerprint density at radius 3 is 2.66 bits per heavy atom. The summed E-state index contributed by atoms with van der Waals surface area (Å²) in [4.78, 5) is 23.6. The molecular weight excluding hydrogens is 402 g/mol. The van der Waals surface area contributed by atoms with Crippen LogP contribution in [0.5, 0.6) is 5.75 Å². The first-order valence-corrected chi connectivity index (χ1v) is 11.4. The van der Waals surface area contributed by atoms with E-state index >= 15 is 0 Å². The first-order valence-electron chi connectivity index (χ1n) is 11.4. The van der Waals surface area contributed by atoms with Crippen LogP contribution in [0.25, 0.3) is 0 Å². The Morgan fingerprint density at radius 2 is 1.97 bits per heavy atom. The molecule has 1 aliphatic carbocycles. The molecule has 1 aliphatic rings. The largest absolute Gasteiger partial charge is 0.487 e. The van der Waals surface area contributed by atoms with Gasteiger partial charge >= 0.3 is 0 Å². The lowest BCUT2D eigenvalue weighted by Crippen LogP contribution is -2.49. The van der Waals surface area contributed by atoms with E-state index in [1.807, 2.05) is 63.5 Å². The number of hydrogen-bond donors (Lipinski definition) is 2. The van der Waals surface area contributed by atoms with Gasteiger partial charge in [0.05, 0.1) is 17.7 Å². The zero-order valence-corrected chi connectivity index (χ0v) is 19.4. The molecule has 0 aliphatic heterocycles. The number of aliphatic imine (C=N–C) groups is 1. The molecule has 2 aromatic rings. The minimum Gasteiger partial charge on any atom is -0.487 e. The first kappa shape index (κ1) is 23.6. The summed E-state index contributed by atoms with van der Waals surface area (Å²) in [5.41, 5.74) is 1.61. The van der Waals surface area contributed by atoms with Crippen LogP contribution in [0.2, 0.25) is 0 Å². The maximum Gasteiger partial charge on any atom is 0.230 e. The molecule has 0 radical (unpaired) electrons. The minimum absolute atomic E-state index is 0.205. The van der Waals surface area contributed by atoms with Crippen molar-refractivity contribution >= 4 is 11.9 Å². The highest BCUT2D eigenvalue weighted by molar-refractivity contribution is 5.85. The zero-order valence-electron chi connectivity index (χ0n) is 19.4. The number of carbonyl (C=O) groups excluding carboxylic acids is 1. The van der Waals surface area contributed by atoms with Crippen LogP contribution < -0.4 is 15.4 Å². The molecule has 0 spiro atoms. The van der Waals surface area contributed by atoms with E-state index in [1.54, 1.807) is 11.1 Å². The molecule has 0 bridgehead atoms. The molecule has 172 valence electrons. The van der Waals surface area contributed by atoms with Gasteiger partial charge < -0.3 is 20.3 Å². The van der Waals surface area contributed by atoms with E-state index in [2.05, 4.69) is 15.6 Å². The molecule has 3 rings (SSSR count). The Labute approximate surface area is 191 Å². The number of aromatic nitrogens is 1. The molecule has 7 nitrogen and oxygen atoms in total. The van der Waals surface area contributed by atoms with Crippen molar-refractivity contribution in [1.82, 2.24) is 20.5 Å². The van der Waals surface area contributed by atoms with E-state index in [-0.39, 0.29) is 11.3 Å². The van der Waals surface area contributed by atoms with Crippen molar-refractivity contribution in [3.05, 3.63) is 59.9 Å². The Bertz CT molecular complexity index is 892. The molecule has 7 heteroatoms. The SMILES string of the molecule is CCNC(=NCc1cccc(OCc2ccccn2)c1)NCC1(C(=O)N(C)C)CCCC1. The number of ether oxygens (including phenoxy) is 1. The molecule has 1 heterocycles. The second kappa shape index (κ2) is 11.5. The predicted molar refractivity (Wildman–Crippen MR) is 127 cm³/mol. The topological polar surface area (TPSA) is 78.9 Å². The quantitative estimate of drug-likeness (QED) is 0.465. The van der Waals surface area contributed by atoms with E-state index in [0.29, 0.717) is 19.7 Å². The fourth-order valence-electron chi connectivity index (χ4n) is 4.13. The number of amides is 1. The lowest BCUT2D eigenvalue weighted by molar-refractivity contribution is -0.138. The van der Waals surface area contributed by atoms with Crippen molar-refractivity contribution in [2.45, 2.75) is 45.8 Å². The van der Waals surface area contributed by atoms with Crippen molar-refractivity contribution in [2.75, 3.05) is 27.2 Å². The Kier molecular flexibility index (Phi) is 8.48. The van der Waals surface area contributed by atoms with E-state index in [4.69, 9.17) is 9.73 Å². The van der Waals surface area contributed by atoms with Crippen molar-refractivity contribution < 1.29 is 9.53 Å². The number of pyridine rings is 1. The molecule has 2 N–H and O–H groups in total. The summed E-state index contributed by atoms with van der Waals surface area (Å²) in [5, 5.41) is 6.72. The number of benzene rings is 1. The van der Waals surface area contributed by atoms with Crippen molar-refractivity contribution in [1.29, 1.82) is 0 Å². The van der Waals surface area contributed by atoms with Gasteiger partial charge in [-0.1, -0.05) is 31.0 Å². The van der Waals surface area contributed by atoms with E-state index in [1.165, 1.54) is 0 Å². The average molecular weight is 438 g/mol. The summed E-state index contributed by atoms with van der Waals surface area (Å²) >= 11 is 0. The third-order valence-corrected chi connectivity index (χ3v) is 5.79. The highest BCUT2D eigenvalue weighted by atomic mass is 16.5. The lowest BCUT2D eigenvalue weighted by atomic mass is 9.84. The van der Waals surface area contributed by atoms with Gasteiger partial charge in [0.1, 0.15) is 12.4 Å². The van der Waals surface area contributed by atoms with Gasteiger partial charge in [0.25, 0.3) is 0 Å². The fraction of sp³-hybridized carbons (Fsp3) is 0.480. The third-order valence-electron chi connectivity index (χ3n) is 5.79. The Balaban J connectivity index is 1.61. The molecule has 0 saturated heterocycles. The van der Waals surface area contributed by atoms with Gasteiger partial charge in [0.2, 0.25) is 5.91 Å². The molecule has 1 saturated carbocycles. The summed E-state index contributed by atoms with van der Waals surface area (Å²) in [5.74, 6) is 1.73. The first-order chi connectivity index (χ1) is 15.5. The molecule has 0 unspecified atom stereocenters. The highest BCUT2D eigenvalue weighted by Gasteiger charge is 2.42. The lowest BCUT2D eigenvalue weighted by Gasteiger charge is -2.31. The number of guanidine groups is 1. The standard InChI is InChI=1S/C25H35N5O2/c1-4-26-24(29-19-25(13-6-7-14-25)23(31)30(2)3)28-17-20-10-9-12-22(16-20)32-18-21-11-5-8-15-27-21/h5,8-12,15-16H,4,6-7,13-14,17-19H2,1-3H3,(H2,26,28,29). The van der Waals surface area contributed by atoms with Crippen LogP contribution in [0.1, 0.15) is 43.9 Å². The molecule has 1 amide bonds. The van der Waals surface area contributed by atoms with Gasteiger partial charge in [-0.15, -0.1) is 0 Å². The fourth-order valence-corrected chi connectivity index (χ4v) is 4.13. The van der Waals surface area contributed by atoms with Crippen LogP contribution in [-0.4, -0.2) is 48.9 Å². The zero-order chi connectivity index (χ0) is 22.8. The Hall–Kier alpha value is -3.09. The van der Waals surface area contributed by atoms with Gasteiger partial charge in [-0.3, -0.25) is 9.78 Å². The third kappa shape index (κ3) is 6.45. The van der Waals surface area contributed by atoms with Crippen molar-refractivity contribution in [3.63, 3.8) is 0 Å². The van der Waals surface area contributed by atoms with Gasteiger partial charge in [-0.05, 0) is 49.6 Å². The monoisotopic (exact) mass is 437 g/mol. The van der Waals surface area contributed by atoms with E-state index in [9.17, 15) is 4.79 Å². The van der Waals surface area contributed by atoms with E-state index in [0.717, 1.165) is 55.2 Å². The summed E-state index contributed by atoms with van der Waals surface area (Å²) in [6, 6.07) is 13.7. The van der Waals surface area contributed by atoms with Crippen LogP contribution in [0.4, 0.5) is 0 Å². The van der Waals surface area contributed by atoms with E-state index < -0.39 is 0 Å². The summed E-state index contributed by atoms with van der Waals surface area (Å²) < 4.78 is 5.88. The number of nitrogens with zero attached hydrogens (tertiary/aromatic N) is 3. The van der Waals surface area contributed by atoms with Crippen molar-refractivity contribution in [3.8, 4) is 5.75 Å². The van der Waals surface area contributed by atoms with Crippen molar-refractivity contribution in [2.24, 2.45) is 10.4 Å². The molecule has 1 aromatic carbocycles. The molecule has 1 aromatic heterocycles. The van der Waals surface area contributed by atoms with Gasteiger partial charge in [-0.2, -0.15) is 0 Å². The number of hydrogen-bond acceptors (Lipinski definition) is 4. The number of rotatable bonds is 9. The number of nitrogens with one attached hydrogen (secondary N) is 2. The average Bonchev–Trinajstić information content (AvgIpc) is 3.30. The van der Waals surface area contributed by atoms with Gasteiger partial charge in [0.15, 0.2) is 5.96 Å².